The van der Waals surface area contributed by atoms with Gasteiger partial charge in [0.25, 0.3) is 0 Å². The van der Waals surface area contributed by atoms with Crippen molar-refractivity contribution in [3.05, 3.63) is 66.0 Å². The highest BCUT2D eigenvalue weighted by atomic mass is 15.2. The molecule has 0 aliphatic carbocycles. The van der Waals surface area contributed by atoms with E-state index in [0.717, 1.165) is 5.82 Å². The van der Waals surface area contributed by atoms with Crippen molar-refractivity contribution in [3.63, 3.8) is 0 Å². The number of hydrogen-bond acceptors (Lipinski definition) is 2. The molecule has 3 aromatic rings. The molecule has 0 unspecified atom stereocenters. The number of nitrogens with zero attached hydrogens (tertiary/aromatic N) is 3. The van der Waals surface area contributed by atoms with Gasteiger partial charge in [-0.2, -0.15) is 0 Å². The predicted octanol–water partition coefficient (Wildman–Crippen LogP) is 2.86. The lowest BCUT2D eigenvalue weighted by Crippen LogP contribution is -2.56. The number of hydrogen-bond donors (Lipinski definition) is 0. The topological polar surface area (TPSA) is 21.1 Å². The molecule has 4 rings (SSSR count). The largest absolute Gasteiger partial charge is 0.417 e. The van der Waals surface area contributed by atoms with Gasteiger partial charge in [-0.15, -0.1) is 0 Å². The second kappa shape index (κ2) is 4.77. The Morgan fingerprint density at radius 1 is 0.955 bits per heavy atom. The summed E-state index contributed by atoms with van der Waals surface area (Å²) in [5.41, 5.74) is 6.41. The van der Waals surface area contributed by atoms with Gasteiger partial charge < -0.3 is 9.29 Å². The van der Waals surface area contributed by atoms with E-state index in [1.807, 2.05) is 6.20 Å². The molecule has 0 N–H and O–H groups in total. The number of aryl methyl sites for hydroxylation is 2. The first kappa shape index (κ1) is 13.2. The van der Waals surface area contributed by atoms with Gasteiger partial charge in [0.1, 0.15) is 5.82 Å². The van der Waals surface area contributed by atoms with Crippen molar-refractivity contribution in [2.24, 2.45) is 0 Å². The molecular formula is C18H18BN3. The molecule has 0 radical (unpaired) electrons. The Bertz CT molecular complexity index is 833. The lowest BCUT2D eigenvalue weighted by molar-refractivity contribution is 1.09. The second-order valence-electron chi connectivity index (χ2n) is 5.97. The third-order valence-electron chi connectivity index (χ3n) is 4.62. The summed E-state index contributed by atoms with van der Waals surface area (Å²) in [7, 11) is 2.16. The smallest absolute Gasteiger partial charge is 0.394 e. The van der Waals surface area contributed by atoms with E-state index >= 15 is 0 Å². The van der Waals surface area contributed by atoms with Gasteiger partial charge in [-0.1, -0.05) is 41.5 Å². The van der Waals surface area contributed by atoms with Crippen molar-refractivity contribution in [2.45, 2.75) is 13.8 Å². The van der Waals surface area contributed by atoms with Gasteiger partial charge in [0, 0.05) is 23.6 Å². The first-order valence-corrected chi connectivity index (χ1v) is 7.59. The van der Waals surface area contributed by atoms with E-state index in [4.69, 9.17) is 0 Å². The zero-order valence-electron chi connectivity index (χ0n) is 13.1. The van der Waals surface area contributed by atoms with Crippen molar-refractivity contribution in [1.29, 1.82) is 0 Å². The zero-order valence-corrected chi connectivity index (χ0v) is 13.1. The quantitative estimate of drug-likeness (QED) is 0.642. The molecule has 1 aliphatic heterocycles. The van der Waals surface area contributed by atoms with Gasteiger partial charge in [0.05, 0.1) is 0 Å². The average molecular weight is 287 g/mol. The van der Waals surface area contributed by atoms with Gasteiger partial charge in [-0.3, -0.25) is 0 Å². The summed E-state index contributed by atoms with van der Waals surface area (Å²) in [4.78, 5) is 6.95. The Labute approximate surface area is 131 Å². The summed E-state index contributed by atoms with van der Waals surface area (Å²) in [6.45, 7) is 4.52. The molecule has 22 heavy (non-hydrogen) atoms. The van der Waals surface area contributed by atoms with Gasteiger partial charge >= 0.3 is 6.98 Å². The van der Waals surface area contributed by atoms with E-state index in [-0.39, 0.29) is 6.98 Å². The molecule has 4 heteroatoms. The Balaban J connectivity index is 2.00. The highest BCUT2D eigenvalue weighted by Gasteiger charge is 2.36. The Hall–Kier alpha value is -2.49. The van der Waals surface area contributed by atoms with Crippen LogP contribution in [0, 0.1) is 13.8 Å². The summed E-state index contributed by atoms with van der Waals surface area (Å²) in [6.07, 6.45) is 3.98. The van der Waals surface area contributed by atoms with Crippen LogP contribution in [0.2, 0.25) is 0 Å². The van der Waals surface area contributed by atoms with E-state index in [9.17, 15) is 0 Å². The number of benzene rings is 2. The van der Waals surface area contributed by atoms with Crippen LogP contribution in [0.5, 0.6) is 0 Å². The molecular weight excluding hydrogens is 269 g/mol. The molecule has 0 spiro atoms. The molecule has 0 atom stereocenters. The minimum Gasteiger partial charge on any atom is -0.394 e. The number of aromatic nitrogens is 2. The zero-order chi connectivity index (χ0) is 15.3. The first-order chi connectivity index (χ1) is 10.7. The lowest BCUT2D eigenvalue weighted by atomic mass is 9.60. The van der Waals surface area contributed by atoms with E-state index in [1.165, 1.54) is 27.8 Å². The minimum atomic E-state index is 0.147. The highest BCUT2D eigenvalue weighted by Crippen LogP contribution is 2.34. The van der Waals surface area contributed by atoms with Crippen LogP contribution in [0.15, 0.2) is 54.9 Å². The van der Waals surface area contributed by atoms with Gasteiger partial charge in [0.2, 0.25) is 0 Å². The second-order valence-corrected chi connectivity index (χ2v) is 5.97. The first-order valence-electron chi connectivity index (χ1n) is 7.59. The van der Waals surface area contributed by atoms with Crippen molar-refractivity contribution in [1.82, 2.24) is 9.46 Å². The average Bonchev–Trinajstić information content (AvgIpc) is 2.99. The molecule has 0 bridgehead atoms. The van der Waals surface area contributed by atoms with Crippen LogP contribution in [0.4, 0.5) is 5.69 Å². The molecule has 1 aliphatic rings. The highest BCUT2D eigenvalue weighted by molar-refractivity contribution is 6.77. The van der Waals surface area contributed by atoms with Crippen LogP contribution < -0.4 is 10.3 Å². The number of rotatable bonds is 1. The van der Waals surface area contributed by atoms with Crippen LogP contribution in [0.25, 0.3) is 11.4 Å². The van der Waals surface area contributed by atoms with E-state index in [0.29, 0.717) is 0 Å². The van der Waals surface area contributed by atoms with Crippen LogP contribution in [-0.4, -0.2) is 23.5 Å². The summed E-state index contributed by atoms with van der Waals surface area (Å²) in [6, 6.07) is 15.0. The van der Waals surface area contributed by atoms with Crippen molar-refractivity contribution in [2.75, 3.05) is 11.9 Å². The van der Waals surface area contributed by atoms with E-state index in [1.54, 1.807) is 0 Å². The fraction of sp³-hybridized carbons (Fsp3) is 0.167. The van der Waals surface area contributed by atoms with Crippen molar-refractivity contribution in [3.8, 4) is 11.4 Å². The maximum absolute atomic E-state index is 4.60. The molecule has 3 nitrogen and oxygen atoms in total. The summed E-state index contributed by atoms with van der Waals surface area (Å²) in [5, 5.41) is 0. The van der Waals surface area contributed by atoms with Crippen molar-refractivity contribution < 1.29 is 0 Å². The van der Waals surface area contributed by atoms with Gasteiger partial charge in [-0.05, 0) is 38.5 Å². The third kappa shape index (κ3) is 1.73. The van der Waals surface area contributed by atoms with Crippen LogP contribution >= 0.6 is 0 Å². The van der Waals surface area contributed by atoms with Crippen molar-refractivity contribution >= 4 is 18.1 Å². The SMILES string of the molecule is Cc1cccc(C)c1B1N(C)c2ccccc2-c2nccn21. The lowest BCUT2D eigenvalue weighted by Gasteiger charge is -2.36. The van der Waals surface area contributed by atoms with Crippen LogP contribution in [0.1, 0.15) is 11.1 Å². The predicted molar refractivity (Wildman–Crippen MR) is 92.8 cm³/mol. The fourth-order valence-corrected chi connectivity index (χ4v) is 3.57. The van der Waals surface area contributed by atoms with Gasteiger partial charge in [-0.25, -0.2) is 4.98 Å². The molecule has 0 saturated heterocycles. The van der Waals surface area contributed by atoms with Crippen LogP contribution in [0.3, 0.4) is 0 Å². The summed E-state index contributed by atoms with van der Waals surface area (Å²) < 4.78 is 2.28. The fourth-order valence-electron chi connectivity index (χ4n) is 3.57. The molecule has 0 saturated carbocycles. The Morgan fingerprint density at radius 2 is 1.68 bits per heavy atom. The minimum absolute atomic E-state index is 0.147. The molecule has 2 aromatic carbocycles. The number of fused-ring (bicyclic) bond motifs is 3. The molecule has 0 amide bonds. The molecule has 1 aromatic heterocycles. The van der Waals surface area contributed by atoms with E-state index in [2.05, 4.69) is 83.8 Å². The number of para-hydroxylation sites is 1. The molecule has 108 valence electrons. The number of imidazole rings is 1. The van der Waals surface area contributed by atoms with Gasteiger partial charge in [0.15, 0.2) is 0 Å². The summed E-state index contributed by atoms with van der Waals surface area (Å²) >= 11 is 0. The number of anilines is 1. The molecule has 0 fully saturated rings. The standard InChI is InChI=1S/C18H18BN3/c1-13-7-6-8-14(2)17(13)19-21(3)16-10-5-4-9-15(16)18-20-11-12-22(18)19/h4-12H,1-3H3. The normalized spacial score (nSPS) is 13.0. The van der Waals surface area contributed by atoms with Crippen LogP contribution in [-0.2, 0) is 0 Å². The van der Waals surface area contributed by atoms with E-state index < -0.39 is 0 Å². The Kier molecular flexibility index (Phi) is 2.86. The monoisotopic (exact) mass is 287 g/mol. The maximum Gasteiger partial charge on any atom is 0.417 e. The summed E-state index contributed by atoms with van der Waals surface area (Å²) in [5.74, 6) is 1.04. The molecule has 2 heterocycles. The Morgan fingerprint density at radius 3 is 2.45 bits per heavy atom. The maximum atomic E-state index is 4.60. The third-order valence-corrected chi connectivity index (χ3v) is 4.62.